The van der Waals surface area contributed by atoms with Crippen molar-refractivity contribution in [3.63, 3.8) is 0 Å². The summed E-state index contributed by atoms with van der Waals surface area (Å²) in [6.07, 6.45) is 9.60. The molecule has 1 aliphatic carbocycles. The van der Waals surface area contributed by atoms with E-state index in [1.165, 1.54) is 33.6 Å². The van der Waals surface area contributed by atoms with Crippen LogP contribution in [-0.2, 0) is 27.2 Å². The van der Waals surface area contributed by atoms with Crippen LogP contribution in [0.5, 0.6) is 11.5 Å². The number of benzene rings is 1. The molecule has 1 unspecified atom stereocenters. The molecule has 0 bridgehead atoms. The van der Waals surface area contributed by atoms with Gasteiger partial charge in [-0.3, -0.25) is 14.5 Å². The van der Waals surface area contributed by atoms with Crippen LogP contribution >= 0.6 is 23.1 Å². The minimum atomic E-state index is -1.14. The van der Waals surface area contributed by atoms with E-state index in [1.807, 2.05) is 30.5 Å². The van der Waals surface area contributed by atoms with Crippen molar-refractivity contribution < 1.29 is 29.3 Å². The molecule has 2 amide bonds. The predicted molar refractivity (Wildman–Crippen MR) is 188 cm³/mol. The van der Waals surface area contributed by atoms with Gasteiger partial charge in [0.25, 0.3) is 5.91 Å². The average Bonchev–Trinajstić information content (AvgIpc) is 3.54. The summed E-state index contributed by atoms with van der Waals surface area (Å²) < 4.78 is 6.40. The fourth-order valence-electron chi connectivity index (χ4n) is 7.10. The van der Waals surface area contributed by atoms with Crippen molar-refractivity contribution in [2.24, 2.45) is 5.92 Å². The zero-order valence-corrected chi connectivity index (χ0v) is 29.2. The number of carboxylic acid groups (broad SMARTS) is 1. The fourth-order valence-corrected chi connectivity index (χ4v) is 8.62. The van der Waals surface area contributed by atoms with Crippen LogP contribution in [0.25, 0.3) is 0 Å². The number of phenols is 1. The van der Waals surface area contributed by atoms with Crippen molar-refractivity contribution >= 4 is 40.9 Å². The second-order valence-corrected chi connectivity index (χ2v) is 15.0. The Hall–Kier alpha value is -3.50. The molecule has 1 aromatic heterocycles. The van der Waals surface area contributed by atoms with Crippen LogP contribution in [0.1, 0.15) is 87.6 Å². The Bertz CT molecular complexity index is 1560. The standard InChI is InChI=1S/C37H46N2O6S2/c1-5-6-7-9-24-17-30(40)33(28-16-23(4)11-13-27(28)22(2)3)31(18-24)45-21-46-20-25-12-14-29-34(36(42)39(29)35(25)37(43)44)38-32(41)19-26-10-8-15-47-26/h8,10,15-18,27-29,34,40H,2,5-7,9,11-14,19-21H2,1,3-4H3,(H,38,41)(H,43,44)/t27-,28+,29?,34-/m0/s1. The molecule has 3 heterocycles. The monoisotopic (exact) mass is 678 g/mol. The van der Waals surface area contributed by atoms with E-state index in [9.17, 15) is 24.6 Å². The highest BCUT2D eigenvalue weighted by Gasteiger charge is 2.53. The van der Waals surface area contributed by atoms with Gasteiger partial charge in [-0.25, -0.2) is 4.79 Å². The zero-order valence-electron chi connectivity index (χ0n) is 27.5. The van der Waals surface area contributed by atoms with Gasteiger partial charge in [0.1, 0.15) is 29.2 Å². The van der Waals surface area contributed by atoms with E-state index in [0.717, 1.165) is 60.1 Å². The number of thioether (sulfide) groups is 1. The first-order valence-electron chi connectivity index (χ1n) is 16.6. The second-order valence-electron chi connectivity index (χ2n) is 13.0. The van der Waals surface area contributed by atoms with Gasteiger partial charge in [-0.05, 0) is 93.0 Å². The number of rotatable bonds is 15. The van der Waals surface area contributed by atoms with E-state index in [-0.39, 0.29) is 53.5 Å². The van der Waals surface area contributed by atoms with E-state index in [0.29, 0.717) is 29.9 Å². The number of ether oxygens (including phenoxy) is 1. The van der Waals surface area contributed by atoms with Gasteiger partial charge in [0.15, 0.2) is 0 Å². The van der Waals surface area contributed by atoms with Crippen molar-refractivity contribution in [1.82, 2.24) is 10.2 Å². The van der Waals surface area contributed by atoms with Gasteiger partial charge in [-0.1, -0.05) is 49.6 Å². The van der Waals surface area contributed by atoms with Crippen LogP contribution in [0.3, 0.4) is 0 Å². The summed E-state index contributed by atoms with van der Waals surface area (Å²) in [5.74, 6) is -0.0625. The number of nitrogens with one attached hydrogen (secondary N) is 1. The van der Waals surface area contributed by atoms with Crippen LogP contribution < -0.4 is 10.1 Å². The SMILES string of the molecule is C=C(C)[C@@H]1CCC(C)=C[C@H]1c1c(O)cc(CCCCC)cc1OCSCC1=C(C(=O)O)N2C(=O)[C@@H](NC(=O)Cc3cccs3)C2CC1. The summed E-state index contributed by atoms with van der Waals surface area (Å²) in [5, 5.41) is 26.2. The number of unbranched alkanes of at least 4 members (excludes halogenated alkanes) is 2. The van der Waals surface area contributed by atoms with Gasteiger partial charge in [-0.15, -0.1) is 23.1 Å². The fraction of sp³-hybridized carbons (Fsp3) is 0.486. The van der Waals surface area contributed by atoms with Gasteiger partial charge >= 0.3 is 5.97 Å². The lowest BCUT2D eigenvalue weighted by Gasteiger charge is -2.50. The Labute approximate surface area is 286 Å². The van der Waals surface area contributed by atoms with E-state index < -0.39 is 12.0 Å². The highest BCUT2D eigenvalue weighted by molar-refractivity contribution is 7.99. The quantitative estimate of drug-likeness (QED) is 0.0781. The normalized spacial score (nSPS) is 22.3. The maximum Gasteiger partial charge on any atom is 0.352 e. The first-order chi connectivity index (χ1) is 22.6. The van der Waals surface area contributed by atoms with Crippen molar-refractivity contribution in [2.75, 3.05) is 11.7 Å². The molecule has 5 rings (SSSR count). The number of fused-ring (bicyclic) bond motifs is 1. The van der Waals surface area contributed by atoms with Gasteiger partial charge in [0.05, 0.1) is 12.5 Å². The predicted octanol–water partition coefficient (Wildman–Crippen LogP) is 7.34. The Morgan fingerprint density at radius 3 is 2.72 bits per heavy atom. The molecule has 0 saturated carbocycles. The third-order valence-corrected chi connectivity index (χ3v) is 11.2. The molecule has 3 N–H and O–H groups in total. The Morgan fingerprint density at radius 2 is 2.02 bits per heavy atom. The number of aliphatic carboxylic acids is 1. The molecule has 0 radical (unpaired) electrons. The largest absolute Gasteiger partial charge is 0.507 e. The molecular weight excluding hydrogens is 633 g/mol. The van der Waals surface area contributed by atoms with Crippen LogP contribution in [0.2, 0.25) is 0 Å². The number of nitrogens with zero attached hydrogens (tertiary/aromatic N) is 1. The number of aromatic hydroxyl groups is 1. The number of carbonyl (C=O) groups excluding carboxylic acids is 2. The van der Waals surface area contributed by atoms with Gasteiger partial charge in [0, 0.05) is 22.1 Å². The van der Waals surface area contributed by atoms with Crippen molar-refractivity contribution in [1.29, 1.82) is 0 Å². The van der Waals surface area contributed by atoms with Crippen LogP contribution in [0.4, 0.5) is 0 Å². The molecule has 3 aliphatic rings. The number of hydrogen-bond donors (Lipinski definition) is 3. The molecular formula is C37H46N2O6S2. The lowest BCUT2D eigenvalue weighted by atomic mass is 9.73. The Kier molecular flexibility index (Phi) is 11.6. The second kappa shape index (κ2) is 15.6. The molecule has 1 aromatic carbocycles. The number of thiophene rings is 1. The van der Waals surface area contributed by atoms with E-state index in [2.05, 4.69) is 37.9 Å². The number of amides is 2. The minimum Gasteiger partial charge on any atom is -0.507 e. The molecule has 4 atom stereocenters. The molecule has 2 aromatic rings. The molecule has 47 heavy (non-hydrogen) atoms. The lowest BCUT2D eigenvalue weighted by Crippen LogP contribution is -2.71. The summed E-state index contributed by atoms with van der Waals surface area (Å²) in [4.78, 5) is 40.3. The minimum absolute atomic E-state index is 0.0193. The highest BCUT2D eigenvalue weighted by atomic mass is 32.2. The summed E-state index contributed by atoms with van der Waals surface area (Å²) in [7, 11) is 0. The summed E-state index contributed by atoms with van der Waals surface area (Å²) >= 11 is 2.93. The molecule has 8 nitrogen and oxygen atoms in total. The molecule has 1 saturated heterocycles. The molecule has 252 valence electrons. The number of β-lactam (4-membered cyclic amide) rings is 1. The molecule has 1 fully saturated rings. The van der Waals surface area contributed by atoms with Crippen LogP contribution in [-0.4, -0.2) is 56.7 Å². The Balaban J connectivity index is 1.28. The summed E-state index contributed by atoms with van der Waals surface area (Å²) in [6, 6.07) is 6.62. The van der Waals surface area contributed by atoms with Crippen LogP contribution in [0.15, 0.2) is 64.7 Å². The van der Waals surface area contributed by atoms with Gasteiger partial charge in [0.2, 0.25) is 5.91 Å². The number of aryl methyl sites for hydroxylation is 1. The van der Waals surface area contributed by atoms with Crippen molar-refractivity contribution in [3.05, 3.63) is 80.7 Å². The van der Waals surface area contributed by atoms with Gasteiger partial charge < -0.3 is 20.3 Å². The van der Waals surface area contributed by atoms with E-state index in [4.69, 9.17) is 4.74 Å². The summed E-state index contributed by atoms with van der Waals surface area (Å²) in [5.41, 5.74) is 4.88. The lowest BCUT2D eigenvalue weighted by molar-refractivity contribution is -0.155. The first kappa shape index (κ1) is 34.8. The maximum absolute atomic E-state index is 13.1. The molecule has 0 spiro atoms. The third kappa shape index (κ3) is 7.97. The third-order valence-electron chi connectivity index (χ3n) is 9.51. The number of carboxylic acids is 1. The van der Waals surface area contributed by atoms with Gasteiger partial charge in [-0.2, -0.15) is 0 Å². The van der Waals surface area contributed by atoms with Crippen molar-refractivity contribution in [2.45, 2.75) is 96.6 Å². The van der Waals surface area contributed by atoms with Crippen molar-refractivity contribution in [3.8, 4) is 11.5 Å². The van der Waals surface area contributed by atoms with E-state index >= 15 is 0 Å². The molecule has 2 aliphatic heterocycles. The highest BCUT2D eigenvalue weighted by Crippen LogP contribution is 2.47. The number of carbonyl (C=O) groups is 3. The number of phenolic OH excluding ortho intramolecular Hbond substituents is 1. The smallest absolute Gasteiger partial charge is 0.352 e. The topological polar surface area (TPSA) is 116 Å². The maximum atomic E-state index is 13.1. The zero-order chi connectivity index (χ0) is 33.7. The number of allylic oxidation sites excluding steroid dienone is 3. The van der Waals surface area contributed by atoms with E-state index in [1.54, 1.807) is 0 Å². The first-order valence-corrected chi connectivity index (χ1v) is 18.6. The number of hydrogen-bond acceptors (Lipinski definition) is 7. The molecule has 10 heteroatoms. The summed E-state index contributed by atoms with van der Waals surface area (Å²) in [6.45, 7) is 10.6. The van der Waals surface area contributed by atoms with Crippen LogP contribution in [0, 0.1) is 5.92 Å². The average molecular weight is 679 g/mol. The Morgan fingerprint density at radius 1 is 1.21 bits per heavy atom.